The first-order valence-electron chi connectivity index (χ1n) is 11.6. The van der Waals surface area contributed by atoms with Crippen LogP contribution in [0.3, 0.4) is 0 Å². The Kier molecular flexibility index (Phi) is 19.0. The Hall–Kier alpha value is -0.140. The van der Waals surface area contributed by atoms with Crippen LogP contribution in [0, 0.1) is 0 Å². The molecule has 4 N–H and O–H groups in total. The normalized spacial score (nSPS) is 18.8. The average molecular weight is 519 g/mol. The Morgan fingerprint density at radius 2 is 0.941 bits per heavy atom. The van der Waals surface area contributed by atoms with Gasteiger partial charge in [0.25, 0.3) is 0 Å². The first-order valence-corrected chi connectivity index (χ1v) is 13.4. The van der Waals surface area contributed by atoms with Crippen LogP contribution in [0.2, 0.25) is 0 Å². The lowest BCUT2D eigenvalue weighted by molar-refractivity contribution is -0.115. The minimum Gasteiger partial charge on any atom is -0.391 e. The van der Waals surface area contributed by atoms with Gasteiger partial charge in [-0.05, 0) is 47.8 Å². The van der Waals surface area contributed by atoms with Crippen molar-refractivity contribution in [2.75, 3.05) is 52.9 Å². The number of aliphatic hydroxyl groups is 2. The van der Waals surface area contributed by atoms with Crippen LogP contribution < -0.4 is 0 Å². The molecule has 0 aromatic carbocycles. The van der Waals surface area contributed by atoms with Gasteiger partial charge in [-0.3, -0.25) is 0 Å². The van der Waals surface area contributed by atoms with Gasteiger partial charge in [0.15, 0.2) is 0 Å². The highest BCUT2D eigenvalue weighted by Crippen LogP contribution is 2.36. The Bertz CT molecular complexity index is 505. The molecule has 0 radical (unpaired) electrons. The number of aliphatic hydroxyl groups excluding tert-OH is 2. The van der Waals surface area contributed by atoms with Gasteiger partial charge in [-0.15, -0.1) is 0 Å². The lowest BCUT2D eigenvalue weighted by atomic mass is 10.3. The molecular weight excluding hydrogens is 471 g/mol. The zero-order valence-corrected chi connectivity index (χ0v) is 22.4. The van der Waals surface area contributed by atoms with E-state index in [2.05, 4.69) is 6.30 Å². The summed E-state index contributed by atoms with van der Waals surface area (Å²) >= 11 is 0. The predicted octanol–water partition coefficient (Wildman–Crippen LogP) is 0.966. The highest BCUT2D eigenvalue weighted by Gasteiger charge is 2.17. The van der Waals surface area contributed by atoms with Crippen LogP contribution in [0.5, 0.6) is 0 Å². The number of rotatable bonds is 22. The molecule has 0 aliphatic rings. The molecule has 0 saturated carbocycles. The van der Waals surface area contributed by atoms with Gasteiger partial charge in [0.2, 0.25) is 7.57 Å². The van der Waals surface area contributed by atoms with Crippen molar-refractivity contribution in [2.45, 2.75) is 84.3 Å². The predicted molar refractivity (Wildman–Crippen MR) is 130 cm³/mol. The fourth-order valence-electron chi connectivity index (χ4n) is 2.52. The maximum atomic E-state index is 9.31. The van der Waals surface area contributed by atoms with E-state index in [0.717, 1.165) is 0 Å². The molecule has 6 unspecified atom stereocenters. The third-order valence-corrected chi connectivity index (χ3v) is 4.78. The third-order valence-electron chi connectivity index (χ3n) is 4.09. The Balaban J connectivity index is 4.48. The zero-order valence-electron chi connectivity index (χ0n) is 21.5. The summed E-state index contributed by atoms with van der Waals surface area (Å²) in [7, 11) is -3.57. The molecule has 34 heavy (non-hydrogen) atoms. The molecule has 0 heterocycles. The second kappa shape index (κ2) is 19.0. The van der Waals surface area contributed by atoms with Crippen LogP contribution in [0.25, 0.3) is 0 Å². The summed E-state index contributed by atoms with van der Waals surface area (Å²) in [6.45, 7) is 12.6. The zero-order chi connectivity index (χ0) is 26.1. The smallest absolute Gasteiger partial charge is 0.245 e. The topological polar surface area (TPSA) is 146 Å². The van der Waals surface area contributed by atoms with E-state index in [1.54, 1.807) is 20.8 Å². The highest BCUT2D eigenvalue weighted by molar-refractivity contribution is 7.57. The van der Waals surface area contributed by atoms with E-state index in [1.807, 2.05) is 20.8 Å². The minimum absolute atomic E-state index is 0.150. The van der Waals surface area contributed by atoms with Gasteiger partial charge in [-0.25, -0.2) is 0 Å². The van der Waals surface area contributed by atoms with E-state index in [-0.39, 0.29) is 64.1 Å². The molecule has 206 valence electrons. The molecule has 0 bridgehead atoms. The highest BCUT2D eigenvalue weighted by atomic mass is 31.2. The van der Waals surface area contributed by atoms with Crippen molar-refractivity contribution in [3.63, 3.8) is 0 Å². The van der Waals surface area contributed by atoms with Gasteiger partial charge in [-0.1, -0.05) is 0 Å². The molecule has 0 spiro atoms. The van der Waals surface area contributed by atoms with Crippen molar-refractivity contribution in [3.8, 4) is 0 Å². The monoisotopic (exact) mass is 518 g/mol. The maximum Gasteiger partial charge on any atom is 0.245 e. The fourth-order valence-corrected chi connectivity index (χ4v) is 3.15. The van der Waals surface area contributed by atoms with Crippen LogP contribution in [-0.4, -0.2) is 122 Å². The molecule has 0 amide bonds. The van der Waals surface area contributed by atoms with Crippen molar-refractivity contribution >= 4 is 13.9 Å². The van der Waals surface area contributed by atoms with E-state index >= 15 is 0 Å². The Morgan fingerprint density at radius 1 is 0.559 bits per heavy atom. The van der Waals surface area contributed by atoms with Crippen molar-refractivity contribution in [1.82, 2.24) is 0 Å². The molecule has 12 heteroatoms. The van der Waals surface area contributed by atoms with Gasteiger partial charge in [0.05, 0.1) is 89.5 Å². The molecule has 0 rings (SSSR count). The van der Waals surface area contributed by atoms with E-state index in [0.29, 0.717) is 13.2 Å². The molecule has 6 atom stereocenters. The first-order chi connectivity index (χ1) is 15.8. The lowest BCUT2D eigenvalue weighted by Crippen LogP contribution is -2.33. The average Bonchev–Trinajstić information content (AvgIpc) is 2.71. The first kappa shape index (κ1) is 33.9. The van der Waals surface area contributed by atoms with Crippen LogP contribution in [-0.2, 0) is 32.9 Å². The summed E-state index contributed by atoms with van der Waals surface area (Å²) < 4.78 is 38.9. The summed E-state index contributed by atoms with van der Waals surface area (Å²) in [5.74, 6) is 0. The SMILES string of the molecule is C=P(O)(O)OC(C)COC(C)COC(COCC(C)OCC(C)O)COCC(C)OCC(C)O. The number of hydrogen-bond donors (Lipinski definition) is 4. The van der Waals surface area contributed by atoms with Crippen molar-refractivity contribution in [3.05, 3.63) is 0 Å². The number of ether oxygens (including phenoxy) is 6. The van der Waals surface area contributed by atoms with Crippen molar-refractivity contribution in [2.24, 2.45) is 0 Å². The van der Waals surface area contributed by atoms with Crippen LogP contribution in [0.15, 0.2) is 0 Å². The molecule has 0 aliphatic heterocycles. The fraction of sp³-hybridized carbons (Fsp3) is 0.955. The quantitative estimate of drug-likeness (QED) is 0.152. The molecule has 0 aromatic rings. The summed E-state index contributed by atoms with van der Waals surface area (Å²) in [5, 5.41) is 18.6. The Morgan fingerprint density at radius 3 is 1.35 bits per heavy atom. The molecule has 0 aromatic heterocycles. The largest absolute Gasteiger partial charge is 0.391 e. The van der Waals surface area contributed by atoms with E-state index in [4.69, 9.17) is 32.9 Å². The van der Waals surface area contributed by atoms with Gasteiger partial charge in [0, 0.05) is 0 Å². The molecule has 0 fully saturated rings. The summed E-state index contributed by atoms with van der Waals surface area (Å²) in [5.41, 5.74) is 0. The summed E-state index contributed by atoms with van der Waals surface area (Å²) in [6.07, 6.45) is 0.525. The van der Waals surface area contributed by atoms with Gasteiger partial charge >= 0.3 is 0 Å². The third kappa shape index (κ3) is 22.3. The lowest BCUT2D eigenvalue weighted by Gasteiger charge is -2.24. The summed E-state index contributed by atoms with van der Waals surface area (Å²) in [4.78, 5) is 18.6. The van der Waals surface area contributed by atoms with E-state index in [1.165, 1.54) is 0 Å². The molecular formula is C22H47O11P. The van der Waals surface area contributed by atoms with Gasteiger partial charge < -0.3 is 52.9 Å². The molecule has 0 aliphatic carbocycles. The van der Waals surface area contributed by atoms with Crippen molar-refractivity contribution in [1.29, 1.82) is 0 Å². The van der Waals surface area contributed by atoms with E-state index in [9.17, 15) is 20.0 Å². The van der Waals surface area contributed by atoms with Gasteiger partial charge in [-0.2, -0.15) is 0 Å². The van der Waals surface area contributed by atoms with Crippen LogP contribution in [0.4, 0.5) is 0 Å². The van der Waals surface area contributed by atoms with Crippen LogP contribution in [0.1, 0.15) is 41.5 Å². The molecule has 0 saturated heterocycles. The van der Waals surface area contributed by atoms with Gasteiger partial charge in [0.1, 0.15) is 6.10 Å². The van der Waals surface area contributed by atoms with Crippen molar-refractivity contribution < 1.29 is 52.9 Å². The summed E-state index contributed by atoms with van der Waals surface area (Å²) in [6, 6.07) is 0. The minimum atomic E-state index is -3.57. The second-order valence-electron chi connectivity index (χ2n) is 8.74. The van der Waals surface area contributed by atoms with E-state index < -0.39 is 25.9 Å². The second-order valence-corrected chi connectivity index (χ2v) is 10.3. The Labute approximate surface area is 204 Å². The van der Waals surface area contributed by atoms with Crippen LogP contribution >= 0.6 is 7.57 Å². The standard InChI is InChI=1S/C22H47O11P/c1-16(23)8-29-18(3)10-27-14-22(15-28-11-19(4)30-9-17(2)24)32-12-20(5)31-13-21(6)33-34(7,25)26/h16-26H,7-15H2,1-6H3. The number of hydrogen-bond acceptors (Lipinski definition) is 11. The maximum absolute atomic E-state index is 9.31. The molecule has 11 nitrogen and oxygen atoms in total.